The zero-order valence-corrected chi connectivity index (χ0v) is 17.8. The van der Waals surface area contributed by atoms with E-state index in [2.05, 4.69) is 4.72 Å². The first-order chi connectivity index (χ1) is 14.7. The van der Waals surface area contributed by atoms with Crippen LogP contribution < -0.4 is 4.72 Å². The molecule has 3 rings (SSSR count). The molecule has 166 valence electrons. The van der Waals surface area contributed by atoms with Crippen molar-refractivity contribution in [3.8, 4) is 0 Å². The number of carbonyl (C=O) groups excluding carboxylic acids is 2. The standard InChI is InChI=1S/C21H24N2O7S/c1-2-30-20(26)13-23(15-10-11-15)21(27)17(12-19(24)25)22-31(28,29)18-9-5-7-14-6-3-4-8-16(14)18/h3-9,15,17,22H,2,10-13H2,1H3,(H,24,25)/t17-/m0/s1. The van der Waals surface area contributed by atoms with Crippen molar-refractivity contribution >= 4 is 38.6 Å². The first-order valence-corrected chi connectivity index (χ1v) is 11.4. The summed E-state index contributed by atoms with van der Waals surface area (Å²) in [5.41, 5.74) is 0. The van der Waals surface area contributed by atoms with E-state index in [1.165, 1.54) is 11.0 Å². The number of sulfonamides is 1. The predicted octanol–water partition coefficient (Wildman–Crippen LogP) is 1.52. The molecule has 1 aliphatic rings. The van der Waals surface area contributed by atoms with Crippen LogP contribution in [0.1, 0.15) is 26.2 Å². The Morgan fingerprint density at radius 1 is 1.16 bits per heavy atom. The monoisotopic (exact) mass is 448 g/mol. The molecule has 0 heterocycles. The highest BCUT2D eigenvalue weighted by Gasteiger charge is 2.39. The SMILES string of the molecule is CCOC(=O)CN(C(=O)[C@H](CC(=O)O)NS(=O)(=O)c1cccc2ccccc12)C1CC1. The fourth-order valence-electron chi connectivity index (χ4n) is 3.35. The molecule has 9 nitrogen and oxygen atoms in total. The summed E-state index contributed by atoms with van der Waals surface area (Å²) in [6, 6.07) is 9.76. The van der Waals surface area contributed by atoms with Crippen LogP contribution in [0.4, 0.5) is 0 Å². The average molecular weight is 448 g/mol. The number of esters is 1. The smallest absolute Gasteiger partial charge is 0.325 e. The number of carboxylic acid groups (broad SMARTS) is 1. The summed E-state index contributed by atoms with van der Waals surface area (Å²) < 4.78 is 33.4. The molecule has 1 aliphatic carbocycles. The quantitative estimate of drug-likeness (QED) is 0.527. The van der Waals surface area contributed by atoms with Crippen molar-refractivity contribution in [2.24, 2.45) is 0 Å². The van der Waals surface area contributed by atoms with E-state index in [0.717, 1.165) is 0 Å². The minimum atomic E-state index is -4.23. The summed E-state index contributed by atoms with van der Waals surface area (Å²) in [7, 11) is -4.23. The first kappa shape index (κ1) is 22.7. The Bertz CT molecular complexity index is 1090. The predicted molar refractivity (Wildman–Crippen MR) is 112 cm³/mol. The van der Waals surface area contributed by atoms with Crippen molar-refractivity contribution in [1.82, 2.24) is 9.62 Å². The molecule has 1 fully saturated rings. The third-order valence-electron chi connectivity index (χ3n) is 4.89. The molecule has 2 N–H and O–H groups in total. The van der Waals surface area contributed by atoms with Crippen LogP contribution in [0.2, 0.25) is 0 Å². The lowest BCUT2D eigenvalue weighted by molar-refractivity contribution is -0.150. The molecule has 0 bridgehead atoms. The Labute approximate surface area is 180 Å². The lowest BCUT2D eigenvalue weighted by atomic mass is 10.1. The third-order valence-corrected chi connectivity index (χ3v) is 6.42. The topological polar surface area (TPSA) is 130 Å². The molecule has 2 aromatic carbocycles. The number of benzene rings is 2. The Kier molecular flexibility index (Phi) is 6.91. The van der Waals surface area contributed by atoms with Crippen LogP contribution in [0.15, 0.2) is 47.4 Å². The molecule has 10 heteroatoms. The maximum atomic E-state index is 13.1. The fraction of sp³-hybridized carbons (Fsp3) is 0.381. The lowest BCUT2D eigenvalue weighted by Gasteiger charge is -2.26. The summed E-state index contributed by atoms with van der Waals surface area (Å²) in [6.07, 6.45) is 0.552. The minimum Gasteiger partial charge on any atom is -0.481 e. The second-order valence-electron chi connectivity index (χ2n) is 7.25. The van der Waals surface area contributed by atoms with E-state index in [4.69, 9.17) is 4.74 Å². The van der Waals surface area contributed by atoms with Crippen LogP contribution >= 0.6 is 0 Å². The van der Waals surface area contributed by atoms with Crippen LogP contribution in [-0.4, -0.2) is 61.5 Å². The number of amides is 1. The van der Waals surface area contributed by atoms with Crippen molar-refractivity contribution < 1.29 is 32.6 Å². The molecule has 0 spiro atoms. The Hall–Kier alpha value is -2.98. The van der Waals surface area contributed by atoms with Gasteiger partial charge in [0, 0.05) is 11.4 Å². The van der Waals surface area contributed by atoms with E-state index < -0.39 is 40.3 Å². The molecule has 0 saturated heterocycles. The molecular weight excluding hydrogens is 424 g/mol. The molecule has 1 atom stereocenters. The minimum absolute atomic E-state index is 0.0582. The van der Waals surface area contributed by atoms with E-state index in [9.17, 15) is 27.9 Å². The zero-order chi connectivity index (χ0) is 22.6. The third kappa shape index (κ3) is 5.59. The summed E-state index contributed by atoms with van der Waals surface area (Å²) in [5, 5.41) is 10.4. The maximum absolute atomic E-state index is 13.1. The number of carbonyl (C=O) groups is 3. The highest BCUT2D eigenvalue weighted by molar-refractivity contribution is 7.89. The van der Waals surface area contributed by atoms with Gasteiger partial charge >= 0.3 is 11.9 Å². The number of hydrogen-bond acceptors (Lipinski definition) is 6. The number of ether oxygens (including phenoxy) is 1. The van der Waals surface area contributed by atoms with Gasteiger partial charge < -0.3 is 14.7 Å². The highest BCUT2D eigenvalue weighted by atomic mass is 32.2. The fourth-order valence-corrected chi connectivity index (χ4v) is 4.77. The van der Waals surface area contributed by atoms with Crippen LogP contribution in [0.25, 0.3) is 10.8 Å². The summed E-state index contributed by atoms with van der Waals surface area (Å²) in [4.78, 5) is 37.5. The normalized spacial score (nSPS) is 14.7. The summed E-state index contributed by atoms with van der Waals surface area (Å²) in [5.74, 6) is -2.73. The molecule has 0 unspecified atom stereocenters. The van der Waals surface area contributed by atoms with Crippen molar-refractivity contribution in [2.45, 2.75) is 43.2 Å². The lowest BCUT2D eigenvalue weighted by Crippen LogP contribution is -2.51. The summed E-state index contributed by atoms with van der Waals surface area (Å²) >= 11 is 0. The number of nitrogens with one attached hydrogen (secondary N) is 1. The number of aliphatic carboxylic acids is 1. The van der Waals surface area contributed by atoms with E-state index in [1.54, 1.807) is 43.3 Å². The van der Waals surface area contributed by atoms with Gasteiger partial charge in [-0.05, 0) is 31.2 Å². The van der Waals surface area contributed by atoms with E-state index >= 15 is 0 Å². The van der Waals surface area contributed by atoms with Gasteiger partial charge in [-0.2, -0.15) is 4.72 Å². The van der Waals surface area contributed by atoms with Gasteiger partial charge in [0.15, 0.2) is 0 Å². The number of nitrogens with zero attached hydrogens (tertiary/aromatic N) is 1. The molecule has 31 heavy (non-hydrogen) atoms. The Balaban J connectivity index is 1.90. The molecule has 0 aromatic heterocycles. The van der Waals surface area contributed by atoms with Gasteiger partial charge in [0.25, 0.3) is 0 Å². The molecule has 0 aliphatic heterocycles. The molecular formula is C21H24N2O7S. The van der Waals surface area contributed by atoms with Crippen molar-refractivity contribution in [1.29, 1.82) is 0 Å². The number of hydrogen-bond donors (Lipinski definition) is 2. The van der Waals surface area contributed by atoms with E-state index in [1.807, 2.05) is 0 Å². The van der Waals surface area contributed by atoms with Gasteiger partial charge in [0.1, 0.15) is 12.6 Å². The largest absolute Gasteiger partial charge is 0.481 e. The van der Waals surface area contributed by atoms with Crippen LogP contribution in [0.5, 0.6) is 0 Å². The second-order valence-corrected chi connectivity index (χ2v) is 8.93. The van der Waals surface area contributed by atoms with Gasteiger partial charge in [0.05, 0.1) is 17.9 Å². The van der Waals surface area contributed by atoms with Crippen molar-refractivity contribution in [3.05, 3.63) is 42.5 Å². The number of carboxylic acids is 1. The number of rotatable bonds is 10. The van der Waals surface area contributed by atoms with Crippen molar-refractivity contribution in [3.63, 3.8) is 0 Å². The Morgan fingerprint density at radius 2 is 1.84 bits per heavy atom. The van der Waals surface area contributed by atoms with Gasteiger partial charge in [0.2, 0.25) is 15.9 Å². The average Bonchev–Trinajstić information content (AvgIpc) is 3.55. The zero-order valence-electron chi connectivity index (χ0n) is 17.0. The number of fused-ring (bicyclic) bond motifs is 1. The second kappa shape index (κ2) is 9.44. The van der Waals surface area contributed by atoms with Gasteiger partial charge in [-0.1, -0.05) is 36.4 Å². The van der Waals surface area contributed by atoms with E-state index in [-0.39, 0.29) is 24.1 Å². The van der Waals surface area contributed by atoms with Gasteiger partial charge in [-0.15, -0.1) is 0 Å². The van der Waals surface area contributed by atoms with Crippen LogP contribution in [0.3, 0.4) is 0 Å². The summed E-state index contributed by atoms with van der Waals surface area (Å²) in [6.45, 7) is 1.41. The van der Waals surface area contributed by atoms with Crippen LogP contribution in [-0.2, 0) is 29.1 Å². The highest BCUT2D eigenvalue weighted by Crippen LogP contribution is 2.28. The molecule has 0 radical (unpaired) electrons. The van der Waals surface area contributed by atoms with Crippen LogP contribution in [0, 0.1) is 0 Å². The molecule has 1 saturated carbocycles. The maximum Gasteiger partial charge on any atom is 0.325 e. The Morgan fingerprint density at radius 3 is 2.48 bits per heavy atom. The molecule has 1 amide bonds. The van der Waals surface area contributed by atoms with E-state index in [0.29, 0.717) is 23.6 Å². The van der Waals surface area contributed by atoms with Gasteiger partial charge in [-0.3, -0.25) is 14.4 Å². The first-order valence-electron chi connectivity index (χ1n) is 9.91. The van der Waals surface area contributed by atoms with Gasteiger partial charge in [-0.25, -0.2) is 8.42 Å². The van der Waals surface area contributed by atoms with Crippen molar-refractivity contribution in [2.75, 3.05) is 13.2 Å². The molecule has 2 aromatic rings.